The fraction of sp³-hybridized carbons (Fsp3) is 0.455. The molecule has 0 heterocycles. The Balaban J connectivity index is 1.86. The molecule has 2 atom stereocenters. The second-order valence-electron chi connectivity index (χ2n) is 9.96. The van der Waals surface area contributed by atoms with E-state index in [0.717, 1.165) is 51.4 Å². The van der Waals surface area contributed by atoms with E-state index in [-0.39, 0.29) is 12.2 Å². The van der Waals surface area contributed by atoms with Crippen molar-refractivity contribution in [1.29, 1.82) is 0 Å². The van der Waals surface area contributed by atoms with Gasteiger partial charge in [-0.2, -0.15) is 0 Å². The number of benzene rings is 2. The normalized spacial score (nSPS) is 16.8. The number of ether oxygens (including phenoxy) is 1. The predicted molar refractivity (Wildman–Crippen MR) is 157 cm³/mol. The molecule has 1 saturated carbocycles. The second kappa shape index (κ2) is 16.4. The van der Waals surface area contributed by atoms with E-state index in [4.69, 9.17) is 13.6 Å². The van der Waals surface area contributed by atoms with Crippen LogP contribution in [-0.4, -0.2) is 34.5 Å². The van der Waals surface area contributed by atoms with Crippen molar-refractivity contribution in [3.63, 3.8) is 0 Å². The minimum atomic E-state index is -2.91. The molecule has 2 unspecified atom stereocenters. The van der Waals surface area contributed by atoms with Crippen molar-refractivity contribution in [3.05, 3.63) is 97.1 Å². The first-order valence-corrected chi connectivity index (χ1v) is 15.7. The van der Waals surface area contributed by atoms with Crippen molar-refractivity contribution < 1.29 is 13.6 Å². The molecule has 0 saturated heterocycles. The zero-order valence-corrected chi connectivity index (χ0v) is 23.6. The first-order valence-electron chi connectivity index (χ1n) is 13.8. The maximum atomic E-state index is 7.14. The van der Waals surface area contributed by atoms with Crippen molar-refractivity contribution in [2.75, 3.05) is 13.7 Å². The van der Waals surface area contributed by atoms with E-state index in [9.17, 15) is 0 Å². The SMILES string of the molecule is C=CCC(CCc1ccccc1)O[Si](C#CCOC)(OC(CC=C)CCc1ccccc1)C1CCCC1. The molecule has 0 bridgehead atoms. The van der Waals surface area contributed by atoms with Crippen LogP contribution < -0.4 is 0 Å². The summed E-state index contributed by atoms with van der Waals surface area (Å²) in [5.74, 6) is 3.28. The van der Waals surface area contributed by atoms with Gasteiger partial charge < -0.3 is 13.6 Å². The Bertz CT molecular complexity index is 913. The minimum absolute atomic E-state index is 0.0281. The average molecular weight is 517 g/mol. The topological polar surface area (TPSA) is 27.7 Å². The summed E-state index contributed by atoms with van der Waals surface area (Å²) < 4.78 is 19.6. The maximum absolute atomic E-state index is 7.14. The summed E-state index contributed by atoms with van der Waals surface area (Å²) in [5.41, 5.74) is 6.62. The van der Waals surface area contributed by atoms with Crippen molar-refractivity contribution in [2.24, 2.45) is 0 Å². The third-order valence-electron chi connectivity index (χ3n) is 7.11. The lowest BCUT2D eigenvalue weighted by Crippen LogP contribution is -2.50. The van der Waals surface area contributed by atoms with Crippen LogP contribution in [0.3, 0.4) is 0 Å². The summed E-state index contributed by atoms with van der Waals surface area (Å²) in [4.78, 5) is 0. The van der Waals surface area contributed by atoms with Crippen molar-refractivity contribution in [3.8, 4) is 11.5 Å². The summed E-state index contributed by atoms with van der Waals surface area (Å²) >= 11 is 0. The maximum Gasteiger partial charge on any atom is 0.427 e. The molecule has 0 N–H and O–H groups in total. The van der Waals surface area contributed by atoms with Gasteiger partial charge >= 0.3 is 8.56 Å². The van der Waals surface area contributed by atoms with Crippen molar-refractivity contribution in [2.45, 2.75) is 82.0 Å². The molecule has 4 heteroatoms. The van der Waals surface area contributed by atoms with Crippen LogP contribution in [0.4, 0.5) is 0 Å². The van der Waals surface area contributed by atoms with Crippen LogP contribution in [-0.2, 0) is 26.4 Å². The highest BCUT2D eigenvalue weighted by Gasteiger charge is 2.49. The molecule has 0 aliphatic heterocycles. The molecule has 2 aromatic carbocycles. The van der Waals surface area contributed by atoms with Crippen LogP contribution in [0.25, 0.3) is 0 Å². The molecule has 37 heavy (non-hydrogen) atoms. The molecule has 0 radical (unpaired) electrons. The van der Waals surface area contributed by atoms with Gasteiger partial charge in [0, 0.05) is 12.7 Å². The van der Waals surface area contributed by atoms with E-state index in [1.807, 2.05) is 12.2 Å². The summed E-state index contributed by atoms with van der Waals surface area (Å²) in [6.45, 7) is 8.46. The summed E-state index contributed by atoms with van der Waals surface area (Å²) in [5, 5.41) is 0. The highest BCUT2D eigenvalue weighted by Crippen LogP contribution is 2.42. The Labute approximate surface area is 226 Å². The Hall–Kier alpha value is -2.42. The van der Waals surface area contributed by atoms with Crippen LogP contribution in [0, 0.1) is 11.5 Å². The smallest absolute Gasteiger partial charge is 0.382 e. The lowest BCUT2D eigenvalue weighted by molar-refractivity contribution is 0.0742. The minimum Gasteiger partial charge on any atom is -0.382 e. The third-order valence-corrected chi connectivity index (χ3v) is 10.7. The van der Waals surface area contributed by atoms with E-state index in [0.29, 0.717) is 12.1 Å². The van der Waals surface area contributed by atoms with Crippen LogP contribution >= 0.6 is 0 Å². The molecule has 0 spiro atoms. The van der Waals surface area contributed by atoms with Crippen LogP contribution in [0.5, 0.6) is 0 Å². The summed E-state index contributed by atoms with van der Waals surface area (Å²) in [6, 6.07) is 21.3. The lowest BCUT2D eigenvalue weighted by atomic mass is 10.1. The molecule has 3 nitrogen and oxygen atoms in total. The molecule has 1 aliphatic carbocycles. The highest BCUT2D eigenvalue weighted by molar-refractivity contribution is 6.77. The molecule has 3 rings (SSSR count). The van der Waals surface area contributed by atoms with E-state index in [1.54, 1.807) is 7.11 Å². The molecule has 1 aliphatic rings. The predicted octanol–water partition coefficient (Wildman–Crippen LogP) is 7.75. The van der Waals surface area contributed by atoms with Gasteiger partial charge in [-0.25, -0.2) is 0 Å². The van der Waals surface area contributed by atoms with Gasteiger partial charge in [0.25, 0.3) is 0 Å². The van der Waals surface area contributed by atoms with Gasteiger partial charge in [0.05, 0.1) is 12.2 Å². The fourth-order valence-electron chi connectivity index (χ4n) is 5.18. The van der Waals surface area contributed by atoms with E-state index in [1.165, 1.54) is 24.0 Å². The Morgan fingerprint density at radius 2 is 1.32 bits per heavy atom. The quantitative estimate of drug-likeness (QED) is 0.130. The van der Waals surface area contributed by atoms with Crippen LogP contribution in [0.15, 0.2) is 86.0 Å². The van der Waals surface area contributed by atoms with Gasteiger partial charge in [-0.05, 0) is 62.5 Å². The van der Waals surface area contributed by atoms with E-state index < -0.39 is 8.56 Å². The third kappa shape index (κ3) is 9.76. The number of hydrogen-bond acceptors (Lipinski definition) is 3. The lowest BCUT2D eigenvalue weighted by Gasteiger charge is -2.37. The molecule has 2 aromatic rings. The number of rotatable bonds is 16. The molecule has 0 amide bonds. The zero-order chi connectivity index (χ0) is 26.2. The van der Waals surface area contributed by atoms with E-state index >= 15 is 0 Å². The molecular weight excluding hydrogens is 472 g/mol. The van der Waals surface area contributed by atoms with Crippen molar-refractivity contribution >= 4 is 8.56 Å². The van der Waals surface area contributed by atoms with Gasteiger partial charge in [-0.3, -0.25) is 0 Å². The Morgan fingerprint density at radius 1 is 0.838 bits per heavy atom. The van der Waals surface area contributed by atoms with Gasteiger partial charge in [-0.1, -0.05) is 97.1 Å². The van der Waals surface area contributed by atoms with Crippen LogP contribution in [0.2, 0.25) is 5.54 Å². The number of methoxy groups -OCH3 is 1. The Morgan fingerprint density at radius 3 is 1.76 bits per heavy atom. The highest BCUT2D eigenvalue weighted by atomic mass is 28.4. The molecule has 198 valence electrons. The first kappa shape index (κ1) is 29.1. The van der Waals surface area contributed by atoms with Gasteiger partial charge in [0.15, 0.2) is 0 Å². The second-order valence-corrected chi connectivity index (χ2v) is 12.8. The van der Waals surface area contributed by atoms with Gasteiger partial charge in [0.2, 0.25) is 0 Å². The molecule has 1 fully saturated rings. The fourth-order valence-corrected chi connectivity index (χ4v) is 8.85. The zero-order valence-electron chi connectivity index (χ0n) is 22.6. The number of aryl methyl sites for hydroxylation is 2. The number of hydrogen-bond donors (Lipinski definition) is 0. The molecule has 0 aromatic heterocycles. The monoisotopic (exact) mass is 516 g/mol. The van der Waals surface area contributed by atoms with Crippen molar-refractivity contribution in [1.82, 2.24) is 0 Å². The largest absolute Gasteiger partial charge is 0.427 e. The summed E-state index contributed by atoms with van der Waals surface area (Å²) in [7, 11) is -1.22. The summed E-state index contributed by atoms with van der Waals surface area (Å²) in [6.07, 6.45) is 14.0. The standard InChI is InChI=1S/C33H44O3Si/c1-4-15-31(25-23-29-17-8-6-9-18-29)35-37(28-14-27-34-3,33-21-12-13-22-33)36-32(16-5-2)26-24-30-19-10-7-11-20-30/h4-11,17-20,31-33H,1-2,12-13,15-16,21-27H2,3H3. The first-order chi connectivity index (χ1) is 18.2. The van der Waals surface area contributed by atoms with Gasteiger partial charge in [-0.15, -0.1) is 13.2 Å². The average Bonchev–Trinajstić information content (AvgIpc) is 3.48. The Kier molecular flexibility index (Phi) is 12.9. The van der Waals surface area contributed by atoms with Crippen LogP contribution in [0.1, 0.15) is 62.5 Å². The van der Waals surface area contributed by atoms with Gasteiger partial charge in [0.1, 0.15) is 6.61 Å². The molecular formula is C33H44O3Si. The van der Waals surface area contributed by atoms with E-state index in [2.05, 4.69) is 85.3 Å².